The summed E-state index contributed by atoms with van der Waals surface area (Å²) in [7, 11) is 2.01. The van der Waals surface area contributed by atoms with Crippen LogP contribution in [0.5, 0.6) is 0 Å². The number of hydrogen-bond acceptors (Lipinski definition) is 4. The quantitative estimate of drug-likeness (QED) is 0.727. The third-order valence-electron chi connectivity index (χ3n) is 5.04. The maximum Gasteiger partial charge on any atom is 0.258 e. The van der Waals surface area contributed by atoms with Crippen molar-refractivity contribution >= 4 is 28.2 Å². The molecular weight excluding hydrogens is 364 g/mol. The molecule has 28 heavy (non-hydrogen) atoms. The molecule has 8 heteroatoms. The number of aromatic nitrogens is 2. The summed E-state index contributed by atoms with van der Waals surface area (Å²) in [4.78, 5) is 16.7. The van der Waals surface area contributed by atoms with Gasteiger partial charge >= 0.3 is 0 Å². The number of nitrogens with one attached hydrogen (secondary N) is 2. The summed E-state index contributed by atoms with van der Waals surface area (Å²) in [5, 5.41) is 10.3. The lowest BCUT2D eigenvalue weighted by molar-refractivity contribution is 0.102. The Balaban J connectivity index is 1.60. The van der Waals surface area contributed by atoms with E-state index in [9.17, 15) is 13.6 Å². The van der Waals surface area contributed by atoms with Crippen molar-refractivity contribution < 1.29 is 13.6 Å². The number of nitrogens with zero attached hydrogens (tertiary/aromatic N) is 3. The number of rotatable bonds is 3. The fraction of sp³-hybridized carbons (Fsp3) is 0.300. The van der Waals surface area contributed by atoms with E-state index in [1.54, 1.807) is 24.4 Å². The van der Waals surface area contributed by atoms with E-state index in [0.717, 1.165) is 36.5 Å². The predicted octanol–water partition coefficient (Wildman–Crippen LogP) is 3.24. The van der Waals surface area contributed by atoms with E-state index >= 15 is 0 Å². The monoisotopic (exact) mass is 385 g/mol. The van der Waals surface area contributed by atoms with Gasteiger partial charge < -0.3 is 15.1 Å². The molecule has 1 aromatic heterocycles. The fourth-order valence-electron chi connectivity index (χ4n) is 3.45. The number of amides is 1. The molecule has 0 bridgehead atoms. The molecule has 1 fully saturated rings. The Morgan fingerprint density at radius 2 is 1.96 bits per heavy atom. The number of carbonyl (C=O) groups excluding carboxylic acids is 1. The second kappa shape index (κ2) is 7.55. The first-order valence-corrected chi connectivity index (χ1v) is 9.18. The molecule has 2 heterocycles. The summed E-state index contributed by atoms with van der Waals surface area (Å²) in [6.45, 7) is 2.98. The Bertz CT molecular complexity index is 1020. The first-order valence-electron chi connectivity index (χ1n) is 9.18. The van der Waals surface area contributed by atoms with Crippen LogP contribution < -0.4 is 10.2 Å². The lowest BCUT2D eigenvalue weighted by Crippen LogP contribution is -2.30. The van der Waals surface area contributed by atoms with E-state index < -0.39 is 17.5 Å². The number of likely N-dealkylation sites (N-methyl/N-ethyl adjacent to an activating group) is 1. The van der Waals surface area contributed by atoms with Gasteiger partial charge in [-0.05, 0) is 44.3 Å². The Labute approximate surface area is 161 Å². The van der Waals surface area contributed by atoms with Crippen molar-refractivity contribution in [2.75, 3.05) is 43.4 Å². The zero-order valence-electron chi connectivity index (χ0n) is 15.5. The molecule has 4 rings (SSSR count). The first kappa shape index (κ1) is 18.4. The molecule has 1 amide bonds. The van der Waals surface area contributed by atoms with Crippen LogP contribution in [0.4, 0.5) is 20.2 Å². The van der Waals surface area contributed by atoms with Crippen molar-refractivity contribution in [1.82, 2.24) is 15.1 Å². The Morgan fingerprint density at radius 1 is 1.11 bits per heavy atom. The topological polar surface area (TPSA) is 64.3 Å². The third kappa shape index (κ3) is 3.68. The van der Waals surface area contributed by atoms with Crippen LogP contribution in [-0.2, 0) is 0 Å². The number of aromatic amines is 1. The highest BCUT2D eigenvalue weighted by molar-refractivity contribution is 6.05. The molecule has 2 aromatic carbocycles. The van der Waals surface area contributed by atoms with E-state index in [-0.39, 0.29) is 11.3 Å². The minimum Gasteiger partial charge on any atom is -0.368 e. The number of fused-ring (bicyclic) bond motifs is 1. The molecule has 0 spiro atoms. The zero-order valence-corrected chi connectivity index (χ0v) is 15.5. The maximum absolute atomic E-state index is 14.4. The third-order valence-corrected chi connectivity index (χ3v) is 5.04. The van der Waals surface area contributed by atoms with Gasteiger partial charge in [0.05, 0.1) is 23.0 Å². The lowest BCUT2D eigenvalue weighted by atomic mass is 10.1. The van der Waals surface area contributed by atoms with Crippen LogP contribution in [-0.4, -0.2) is 54.2 Å². The van der Waals surface area contributed by atoms with Crippen molar-refractivity contribution in [1.29, 1.82) is 0 Å². The number of carbonyl (C=O) groups is 1. The lowest BCUT2D eigenvalue weighted by Gasteiger charge is -2.24. The van der Waals surface area contributed by atoms with Gasteiger partial charge in [-0.15, -0.1) is 0 Å². The van der Waals surface area contributed by atoms with Gasteiger partial charge in [-0.25, -0.2) is 8.78 Å². The van der Waals surface area contributed by atoms with E-state index in [4.69, 9.17) is 0 Å². The molecule has 0 radical (unpaired) electrons. The van der Waals surface area contributed by atoms with E-state index in [1.807, 2.05) is 11.9 Å². The highest BCUT2D eigenvalue weighted by Crippen LogP contribution is 2.26. The fourth-order valence-corrected chi connectivity index (χ4v) is 3.45. The van der Waals surface area contributed by atoms with Gasteiger partial charge in [0.15, 0.2) is 0 Å². The van der Waals surface area contributed by atoms with Crippen LogP contribution in [0.3, 0.4) is 0 Å². The molecule has 6 nitrogen and oxygen atoms in total. The Morgan fingerprint density at radius 3 is 2.82 bits per heavy atom. The van der Waals surface area contributed by atoms with E-state index in [2.05, 4.69) is 20.4 Å². The molecule has 1 saturated heterocycles. The minimum atomic E-state index is -0.881. The van der Waals surface area contributed by atoms with Gasteiger partial charge in [0.1, 0.15) is 11.6 Å². The second-order valence-electron chi connectivity index (χ2n) is 7.05. The molecule has 146 valence electrons. The summed E-state index contributed by atoms with van der Waals surface area (Å²) in [6, 6.07) is 7.32. The van der Waals surface area contributed by atoms with Gasteiger partial charge in [-0.3, -0.25) is 9.89 Å². The molecule has 0 saturated carbocycles. The highest BCUT2D eigenvalue weighted by atomic mass is 19.1. The number of hydrogen-bond donors (Lipinski definition) is 2. The first-order chi connectivity index (χ1) is 13.5. The summed E-state index contributed by atoms with van der Waals surface area (Å²) >= 11 is 0. The van der Waals surface area contributed by atoms with Gasteiger partial charge in [-0.1, -0.05) is 0 Å². The summed E-state index contributed by atoms with van der Waals surface area (Å²) in [6.07, 6.45) is 2.55. The van der Waals surface area contributed by atoms with Crippen molar-refractivity contribution in [2.45, 2.75) is 6.42 Å². The number of benzene rings is 2. The van der Waals surface area contributed by atoms with E-state index in [1.165, 1.54) is 6.07 Å². The van der Waals surface area contributed by atoms with Crippen molar-refractivity contribution in [2.24, 2.45) is 0 Å². The highest BCUT2D eigenvalue weighted by Gasteiger charge is 2.21. The van der Waals surface area contributed by atoms with Gasteiger partial charge in [0.25, 0.3) is 5.91 Å². The van der Waals surface area contributed by atoms with E-state index in [0.29, 0.717) is 18.8 Å². The molecule has 1 aliphatic rings. The molecule has 0 atom stereocenters. The summed E-state index contributed by atoms with van der Waals surface area (Å²) in [5.41, 5.74) is 1.33. The van der Waals surface area contributed by atoms with Crippen molar-refractivity contribution in [3.63, 3.8) is 0 Å². The normalized spacial score (nSPS) is 15.6. The molecule has 1 aliphatic heterocycles. The van der Waals surface area contributed by atoms with Crippen molar-refractivity contribution in [3.05, 3.63) is 53.7 Å². The number of anilines is 2. The second-order valence-corrected chi connectivity index (χ2v) is 7.05. The number of halogens is 2. The smallest absolute Gasteiger partial charge is 0.258 e. The maximum atomic E-state index is 14.4. The van der Waals surface area contributed by atoms with Crippen LogP contribution in [0.15, 0.2) is 36.5 Å². The van der Waals surface area contributed by atoms with Crippen LogP contribution >= 0.6 is 0 Å². The summed E-state index contributed by atoms with van der Waals surface area (Å²) in [5.74, 6) is -2.16. The molecule has 3 aromatic rings. The van der Waals surface area contributed by atoms with Crippen LogP contribution in [0.25, 0.3) is 10.9 Å². The number of H-pyrrole nitrogens is 1. The van der Waals surface area contributed by atoms with Crippen molar-refractivity contribution in [3.8, 4) is 0 Å². The minimum absolute atomic E-state index is 0.182. The van der Waals surface area contributed by atoms with Gasteiger partial charge in [0.2, 0.25) is 0 Å². The Hall–Kier alpha value is -3.00. The largest absolute Gasteiger partial charge is 0.368 e. The molecule has 0 unspecified atom stereocenters. The van der Waals surface area contributed by atoms with Crippen LogP contribution in [0.1, 0.15) is 16.8 Å². The molecule has 2 N–H and O–H groups in total. The van der Waals surface area contributed by atoms with Gasteiger partial charge in [0, 0.05) is 36.8 Å². The standard InChI is InChI=1S/C20H21F2N5O/c1-26-5-2-6-27(8-7-26)19-10-15(16(21)11-17(19)22)20(28)24-14-4-3-13-12-23-25-18(13)9-14/h3-4,9-12H,2,5-8H2,1H3,(H,23,25)(H,24,28). The predicted molar refractivity (Wildman–Crippen MR) is 105 cm³/mol. The zero-order chi connectivity index (χ0) is 19.7. The average molecular weight is 385 g/mol. The Kier molecular flexibility index (Phi) is 4.95. The van der Waals surface area contributed by atoms with Crippen LogP contribution in [0, 0.1) is 11.6 Å². The SMILES string of the molecule is CN1CCCN(c2cc(C(=O)Nc3ccc4cn[nH]c4c3)c(F)cc2F)CC1. The molecular formula is C20H21F2N5O. The summed E-state index contributed by atoms with van der Waals surface area (Å²) < 4.78 is 28.8. The molecule has 0 aliphatic carbocycles. The average Bonchev–Trinajstić information content (AvgIpc) is 3.02. The van der Waals surface area contributed by atoms with Gasteiger partial charge in [-0.2, -0.15) is 5.10 Å². The van der Waals surface area contributed by atoms with Crippen LogP contribution in [0.2, 0.25) is 0 Å².